The van der Waals surface area contributed by atoms with Crippen molar-refractivity contribution in [2.75, 3.05) is 13.1 Å². The van der Waals surface area contributed by atoms with Gasteiger partial charge in [0.05, 0.1) is 6.54 Å². The van der Waals surface area contributed by atoms with E-state index in [0.29, 0.717) is 12.5 Å². The zero-order valence-corrected chi connectivity index (χ0v) is 14.4. The van der Waals surface area contributed by atoms with Gasteiger partial charge >= 0.3 is 0 Å². The molecule has 102 valence electrons. The van der Waals surface area contributed by atoms with Crippen LogP contribution in [-0.2, 0) is 6.54 Å². The Morgan fingerprint density at radius 3 is 2.56 bits per heavy atom. The van der Waals surface area contributed by atoms with E-state index in [1.165, 1.54) is 12.1 Å². The lowest BCUT2D eigenvalue weighted by atomic mass is 10.2. The minimum absolute atomic E-state index is 0. The highest BCUT2D eigenvalue weighted by molar-refractivity contribution is 14.0. The Hall–Kier alpha value is -0.370. The second kappa shape index (κ2) is 8.68. The molecule has 0 fully saturated rings. The summed E-state index contributed by atoms with van der Waals surface area (Å²) >= 11 is 3.36. The van der Waals surface area contributed by atoms with Crippen LogP contribution in [-0.4, -0.2) is 23.9 Å². The van der Waals surface area contributed by atoms with Gasteiger partial charge in [-0.25, -0.2) is 9.38 Å². The molecule has 18 heavy (non-hydrogen) atoms. The minimum atomic E-state index is -0.264. The summed E-state index contributed by atoms with van der Waals surface area (Å²) in [6.07, 6.45) is 0. The van der Waals surface area contributed by atoms with Crippen molar-refractivity contribution in [3.63, 3.8) is 0 Å². The number of aliphatic imine (C=N–C) groups is 1. The smallest absolute Gasteiger partial charge is 0.191 e. The maximum absolute atomic E-state index is 13.1. The lowest BCUT2D eigenvalue weighted by molar-refractivity contribution is 0.458. The summed E-state index contributed by atoms with van der Waals surface area (Å²) in [5, 5.41) is 0. The van der Waals surface area contributed by atoms with E-state index in [4.69, 9.17) is 5.73 Å². The largest absolute Gasteiger partial charge is 0.370 e. The van der Waals surface area contributed by atoms with E-state index in [2.05, 4.69) is 20.9 Å². The molecular formula is C12H18BrFIN3. The van der Waals surface area contributed by atoms with Gasteiger partial charge in [-0.05, 0) is 37.6 Å². The zero-order valence-electron chi connectivity index (χ0n) is 10.5. The molecule has 0 unspecified atom stereocenters. The van der Waals surface area contributed by atoms with Gasteiger partial charge in [0.2, 0.25) is 0 Å². The van der Waals surface area contributed by atoms with E-state index < -0.39 is 0 Å². The number of rotatable bonds is 4. The molecule has 0 bridgehead atoms. The maximum atomic E-state index is 13.1. The summed E-state index contributed by atoms with van der Waals surface area (Å²) in [4.78, 5) is 6.21. The monoisotopic (exact) mass is 429 g/mol. The van der Waals surface area contributed by atoms with Crippen LogP contribution in [0.5, 0.6) is 0 Å². The van der Waals surface area contributed by atoms with Crippen LogP contribution in [0, 0.1) is 5.82 Å². The number of hydrogen-bond donors (Lipinski definition) is 1. The molecule has 3 nitrogen and oxygen atoms in total. The quantitative estimate of drug-likeness (QED) is 0.453. The predicted octanol–water partition coefficient (Wildman–Crippen LogP) is 3.36. The van der Waals surface area contributed by atoms with Crippen LogP contribution in [0.3, 0.4) is 0 Å². The number of guanidine groups is 1. The fourth-order valence-corrected chi connectivity index (χ4v) is 1.85. The highest BCUT2D eigenvalue weighted by atomic mass is 127. The number of hydrogen-bond acceptors (Lipinski definition) is 1. The molecule has 0 aliphatic carbocycles. The van der Waals surface area contributed by atoms with Crippen molar-refractivity contribution in [2.24, 2.45) is 10.7 Å². The normalized spacial score (nSPS) is 11.0. The standard InChI is InChI=1S/C12H17BrFN3.HI/c1-3-17(4-2)12(15)16-8-9-7-10(14)5-6-11(9)13;/h5-7H,3-4,8H2,1-2H3,(H2,15,16);1H. The van der Waals surface area contributed by atoms with Crippen molar-refractivity contribution in [3.05, 3.63) is 34.1 Å². The minimum Gasteiger partial charge on any atom is -0.370 e. The van der Waals surface area contributed by atoms with Crippen LogP contribution in [0.2, 0.25) is 0 Å². The first-order valence-electron chi connectivity index (χ1n) is 5.57. The topological polar surface area (TPSA) is 41.6 Å². The molecule has 0 radical (unpaired) electrons. The fourth-order valence-electron chi connectivity index (χ4n) is 1.48. The van der Waals surface area contributed by atoms with Crippen molar-refractivity contribution >= 4 is 45.9 Å². The molecular weight excluding hydrogens is 412 g/mol. The second-order valence-corrected chi connectivity index (χ2v) is 4.44. The number of nitrogens with zero attached hydrogens (tertiary/aromatic N) is 2. The first-order chi connectivity index (χ1) is 8.08. The average molecular weight is 430 g/mol. The Kier molecular flexibility index (Phi) is 8.51. The van der Waals surface area contributed by atoms with Gasteiger partial charge in [0.15, 0.2) is 5.96 Å². The summed E-state index contributed by atoms with van der Waals surface area (Å²) < 4.78 is 13.9. The van der Waals surface area contributed by atoms with Crippen molar-refractivity contribution in [3.8, 4) is 0 Å². The summed E-state index contributed by atoms with van der Waals surface area (Å²) in [6, 6.07) is 4.54. The maximum Gasteiger partial charge on any atom is 0.191 e. The molecule has 0 amide bonds. The molecule has 6 heteroatoms. The van der Waals surface area contributed by atoms with Gasteiger partial charge in [-0.2, -0.15) is 0 Å². The molecule has 0 heterocycles. The van der Waals surface area contributed by atoms with Crippen LogP contribution in [0.15, 0.2) is 27.7 Å². The molecule has 1 aromatic rings. The average Bonchev–Trinajstić information content (AvgIpc) is 2.32. The van der Waals surface area contributed by atoms with Gasteiger partial charge in [0.1, 0.15) is 5.82 Å². The summed E-state index contributed by atoms with van der Waals surface area (Å²) in [6.45, 7) is 6.04. The number of nitrogens with two attached hydrogens (primary N) is 1. The molecule has 2 N–H and O–H groups in total. The first kappa shape index (κ1) is 17.6. The van der Waals surface area contributed by atoms with E-state index in [1.54, 1.807) is 6.07 Å². The van der Waals surface area contributed by atoms with Crippen LogP contribution in [0.4, 0.5) is 4.39 Å². The van der Waals surface area contributed by atoms with Gasteiger partial charge < -0.3 is 10.6 Å². The van der Waals surface area contributed by atoms with Crippen molar-refractivity contribution < 1.29 is 4.39 Å². The van der Waals surface area contributed by atoms with Crippen LogP contribution >= 0.6 is 39.9 Å². The number of halogens is 3. The van der Waals surface area contributed by atoms with Crippen molar-refractivity contribution in [1.82, 2.24) is 4.90 Å². The molecule has 0 aliphatic rings. The Labute approximate surface area is 133 Å². The SMILES string of the molecule is CCN(CC)C(N)=NCc1cc(F)ccc1Br.I. The third-order valence-electron chi connectivity index (χ3n) is 2.51. The molecule has 0 spiro atoms. The molecule has 0 saturated carbocycles. The van der Waals surface area contributed by atoms with E-state index in [0.717, 1.165) is 23.1 Å². The Morgan fingerprint density at radius 1 is 1.39 bits per heavy atom. The Morgan fingerprint density at radius 2 is 2.00 bits per heavy atom. The van der Waals surface area contributed by atoms with Crippen molar-refractivity contribution in [2.45, 2.75) is 20.4 Å². The lowest BCUT2D eigenvalue weighted by Crippen LogP contribution is -2.37. The third kappa shape index (κ3) is 5.09. The molecule has 0 aliphatic heterocycles. The van der Waals surface area contributed by atoms with Crippen LogP contribution in [0.25, 0.3) is 0 Å². The predicted molar refractivity (Wildman–Crippen MR) is 87.8 cm³/mol. The number of benzene rings is 1. The van der Waals surface area contributed by atoms with E-state index in [1.807, 2.05) is 18.7 Å². The molecule has 0 atom stereocenters. The molecule has 1 rings (SSSR count). The van der Waals surface area contributed by atoms with Crippen molar-refractivity contribution in [1.29, 1.82) is 0 Å². The van der Waals surface area contributed by atoms with Crippen LogP contribution in [0.1, 0.15) is 19.4 Å². The Bertz CT molecular complexity index is 408. The first-order valence-corrected chi connectivity index (χ1v) is 6.36. The van der Waals surface area contributed by atoms with Gasteiger partial charge in [-0.1, -0.05) is 15.9 Å². The van der Waals surface area contributed by atoms with Crippen LogP contribution < -0.4 is 5.73 Å². The molecule has 0 aromatic heterocycles. The highest BCUT2D eigenvalue weighted by Gasteiger charge is 2.04. The summed E-state index contributed by atoms with van der Waals surface area (Å²) in [5.41, 5.74) is 6.63. The molecule has 1 aromatic carbocycles. The Balaban J connectivity index is 0.00000289. The lowest BCUT2D eigenvalue weighted by Gasteiger charge is -2.19. The third-order valence-corrected chi connectivity index (χ3v) is 3.28. The van der Waals surface area contributed by atoms with E-state index in [9.17, 15) is 4.39 Å². The summed E-state index contributed by atoms with van der Waals surface area (Å²) in [5.74, 6) is 0.228. The molecule has 0 saturated heterocycles. The fraction of sp³-hybridized carbons (Fsp3) is 0.417. The van der Waals surface area contributed by atoms with E-state index >= 15 is 0 Å². The van der Waals surface area contributed by atoms with Gasteiger partial charge in [0, 0.05) is 17.6 Å². The van der Waals surface area contributed by atoms with Gasteiger partial charge in [0.25, 0.3) is 0 Å². The van der Waals surface area contributed by atoms with Gasteiger partial charge in [-0.15, -0.1) is 24.0 Å². The zero-order chi connectivity index (χ0) is 12.8. The summed E-state index contributed by atoms with van der Waals surface area (Å²) in [7, 11) is 0. The van der Waals surface area contributed by atoms with E-state index in [-0.39, 0.29) is 29.8 Å². The van der Waals surface area contributed by atoms with Gasteiger partial charge in [-0.3, -0.25) is 0 Å². The highest BCUT2D eigenvalue weighted by Crippen LogP contribution is 2.18. The second-order valence-electron chi connectivity index (χ2n) is 3.58.